The van der Waals surface area contributed by atoms with E-state index in [4.69, 9.17) is 10.5 Å². The van der Waals surface area contributed by atoms with Crippen LogP contribution in [0.25, 0.3) is 11.1 Å². The summed E-state index contributed by atoms with van der Waals surface area (Å²) in [7, 11) is 0. The van der Waals surface area contributed by atoms with Gasteiger partial charge in [-0.2, -0.15) is 0 Å². The van der Waals surface area contributed by atoms with Crippen molar-refractivity contribution in [3.05, 3.63) is 74.3 Å². The van der Waals surface area contributed by atoms with E-state index in [1.165, 1.54) is 5.56 Å². The number of carbonyl (C=O) groups excluding carboxylic acids is 1. The summed E-state index contributed by atoms with van der Waals surface area (Å²) in [6, 6.07) is 8.42. The van der Waals surface area contributed by atoms with Gasteiger partial charge in [-0.05, 0) is 106 Å². The molecule has 2 aliphatic rings. The van der Waals surface area contributed by atoms with Crippen molar-refractivity contribution in [2.24, 2.45) is 5.73 Å². The van der Waals surface area contributed by atoms with Gasteiger partial charge in [0.2, 0.25) is 0 Å². The van der Waals surface area contributed by atoms with E-state index >= 15 is 0 Å². The lowest BCUT2D eigenvalue weighted by atomic mass is 9.88. The number of nitrogens with one attached hydrogen (secondary N) is 3. The average molecular weight is 573 g/mol. The molecule has 1 aromatic carbocycles. The van der Waals surface area contributed by atoms with E-state index in [1.807, 2.05) is 38.2 Å². The van der Waals surface area contributed by atoms with Gasteiger partial charge < -0.3 is 31.0 Å². The van der Waals surface area contributed by atoms with Gasteiger partial charge in [0, 0.05) is 79.7 Å². The number of aromatic amines is 1. The van der Waals surface area contributed by atoms with Crippen LogP contribution in [0.15, 0.2) is 35.3 Å². The number of benzene rings is 1. The van der Waals surface area contributed by atoms with Crippen LogP contribution in [0.2, 0.25) is 0 Å². The maximum Gasteiger partial charge on any atom is 0.253 e. The Morgan fingerprint density at radius 2 is 1.88 bits per heavy atom. The van der Waals surface area contributed by atoms with Crippen LogP contribution >= 0.6 is 0 Å². The lowest BCUT2D eigenvalue weighted by Crippen LogP contribution is -2.40. The second kappa shape index (κ2) is 13.5. The molecule has 3 heterocycles. The molecule has 0 spiro atoms. The second-order valence-electron chi connectivity index (χ2n) is 11.3. The number of nitrogens with two attached hydrogens (primary N) is 1. The van der Waals surface area contributed by atoms with E-state index < -0.39 is 0 Å². The van der Waals surface area contributed by atoms with Crippen molar-refractivity contribution >= 4 is 17.4 Å². The Hall–Kier alpha value is -3.69. The molecule has 0 radical (unpaired) electrons. The number of nitrogens with zero attached hydrogens (tertiary/aromatic N) is 2. The Kier molecular flexibility index (Phi) is 9.59. The third-order valence-corrected chi connectivity index (χ3v) is 8.74. The minimum atomic E-state index is -0.183. The highest BCUT2D eigenvalue weighted by atomic mass is 16.5. The molecule has 5 N–H and O–H groups in total. The second-order valence-corrected chi connectivity index (χ2v) is 11.3. The van der Waals surface area contributed by atoms with Crippen molar-refractivity contribution in [3.63, 3.8) is 0 Å². The zero-order valence-corrected chi connectivity index (χ0v) is 25.1. The number of aryl methyl sites for hydroxylation is 1. The van der Waals surface area contributed by atoms with Gasteiger partial charge in [-0.25, -0.2) is 4.98 Å². The molecule has 0 saturated carbocycles. The fourth-order valence-electron chi connectivity index (χ4n) is 6.45. The first-order chi connectivity index (χ1) is 20.4. The molecule has 2 aromatic heterocycles. The topological polar surface area (TPSA) is 125 Å². The van der Waals surface area contributed by atoms with Crippen LogP contribution < -0.4 is 26.8 Å². The summed E-state index contributed by atoms with van der Waals surface area (Å²) in [5.74, 6) is 0.580. The number of aromatic nitrogens is 2. The third-order valence-electron chi connectivity index (χ3n) is 8.74. The fourth-order valence-corrected chi connectivity index (χ4v) is 6.45. The van der Waals surface area contributed by atoms with E-state index in [1.54, 1.807) is 0 Å². The Morgan fingerprint density at radius 3 is 2.57 bits per heavy atom. The SMILES string of the molecule is CCN(c1cc(-c2ccc(NCCN)nc2)cc(C(=O)NCc2c3c(c(C)[nH]c2=O)CCCC3)c1C)C1CCOCC1. The quantitative estimate of drug-likeness (QED) is 0.286. The first kappa shape index (κ1) is 29.8. The zero-order valence-electron chi connectivity index (χ0n) is 25.1. The van der Waals surface area contributed by atoms with Gasteiger partial charge in [-0.3, -0.25) is 9.59 Å². The fraction of sp³-hybridized carbons (Fsp3) is 0.485. The molecule has 0 bridgehead atoms. The van der Waals surface area contributed by atoms with E-state index in [-0.39, 0.29) is 18.0 Å². The van der Waals surface area contributed by atoms with E-state index in [0.29, 0.717) is 30.3 Å². The summed E-state index contributed by atoms with van der Waals surface area (Å²) in [4.78, 5) is 36.8. The molecule has 1 amide bonds. The summed E-state index contributed by atoms with van der Waals surface area (Å²) < 4.78 is 5.64. The Balaban J connectivity index is 1.50. The number of rotatable bonds is 10. The number of ether oxygens (including phenoxy) is 1. The smallest absolute Gasteiger partial charge is 0.253 e. The first-order valence-electron chi connectivity index (χ1n) is 15.3. The van der Waals surface area contributed by atoms with Gasteiger partial charge in [0.25, 0.3) is 11.5 Å². The predicted octanol–water partition coefficient (Wildman–Crippen LogP) is 4.24. The monoisotopic (exact) mass is 572 g/mol. The van der Waals surface area contributed by atoms with Crippen LogP contribution in [-0.2, 0) is 24.1 Å². The molecule has 42 heavy (non-hydrogen) atoms. The summed E-state index contributed by atoms with van der Waals surface area (Å²) >= 11 is 0. The van der Waals surface area contributed by atoms with Crippen LogP contribution in [-0.4, -0.2) is 54.8 Å². The summed E-state index contributed by atoms with van der Waals surface area (Å²) in [5, 5.41) is 6.31. The predicted molar refractivity (Wildman–Crippen MR) is 168 cm³/mol. The van der Waals surface area contributed by atoms with Crippen LogP contribution in [0.5, 0.6) is 0 Å². The van der Waals surface area contributed by atoms with Crippen molar-refractivity contribution in [3.8, 4) is 11.1 Å². The minimum Gasteiger partial charge on any atom is -0.381 e. The third kappa shape index (κ3) is 6.37. The summed E-state index contributed by atoms with van der Waals surface area (Å²) in [6.07, 6.45) is 7.76. The number of anilines is 2. The first-order valence-corrected chi connectivity index (χ1v) is 15.3. The van der Waals surface area contributed by atoms with Crippen molar-refractivity contribution in [2.75, 3.05) is 43.1 Å². The molecule has 5 rings (SSSR count). The number of fused-ring (bicyclic) bond motifs is 1. The Morgan fingerprint density at radius 1 is 1.12 bits per heavy atom. The molecule has 224 valence electrons. The molecule has 0 atom stereocenters. The van der Waals surface area contributed by atoms with Gasteiger partial charge in [-0.1, -0.05) is 0 Å². The standard InChI is InChI=1S/C33H44N6O3/c1-4-39(25-11-15-42-16-12-25)30-18-24(23-9-10-31(36-19-23)35-14-13-34)17-28(21(30)2)32(40)37-20-29-27-8-6-5-7-26(27)22(3)38-33(29)41/h9-10,17-19,25H,4-8,11-16,20,34H2,1-3H3,(H,35,36)(H,37,40)(H,38,41). The lowest BCUT2D eigenvalue weighted by Gasteiger charge is -2.37. The normalized spacial score (nSPS) is 15.2. The largest absolute Gasteiger partial charge is 0.381 e. The molecule has 1 saturated heterocycles. The number of H-pyrrole nitrogens is 1. The highest BCUT2D eigenvalue weighted by Gasteiger charge is 2.25. The lowest BCUT2D eigenvalue weighted by molar-refractivity contribution is 0.0846. The van der Waals surface area contributed by atoms with Crippen molar-refractivity contribution in [2.45, 2.75) is 71.9 Å². The molecule has 9 nitrogen and oxygen atoms in total. The summed E-state index contributed by atoms with van der Waals surface area (Å²) in [6.45, 7) is 9.83. The van der Waals surface area contributed by atoms with Gasteiger partial charge in [0.15, 0.2) is 0 Å². The molecule has 3 aromatic rings. The highest BCUT2D eigenvalue weighted by molar-refractivity contribution is 5.99. The highest BCUT2D eigenvalue weighted by Crippen LogP contribution is 2.34. The van der Waals surface area contributed by atoms with Crippen molar-refractivity contribution in [1.29, 1.82) is 0 Å². The Labute approximate surface area is 248 Å². The van der Waals surface area contributed by atoms with Crippen LogP contribution in [0.4, 0.5) is 11.5 Å². The molecule has 0 unspecified atom stereocenters. The molecule has 1 aliphatic heterocycles. The number of hydrogen-bond donors (Lipinski definition) is 4. The number of hydrogen-bond acceptors (Lipinski definition) is 7. The van der Waals surface area contributed by atoms with Gasteiger partial charge in [-0.15, -0.1) is 0 Å². The molecular formula is C33H44N6O3. The van der Waals surface area contributed by atoms with E-state index in [9.17, 15) is 9.59 Å². The Bertz CT molecular complexity index is 1460. The maximum absolute atomic E-state index is 13.9. The molecule has 1 aliphatic carbocycles. The number of amides is 1. The van der Waals surface area contributed by atoms with Gasteiger partial charge in [0.05, 0.1) is 0 Å². The van der Waals surface area contributed by atoms with Crippen LogP contribution in [0.3, 0.4) is 0 Å². The maximum atomic E-state index is 13.9. The molecule has 9 heteroatoms. The van der Waals surface area contributed by atoms with Gasteiger partial charge >= 0.3 is 0 Å². The van der Waals surface area contributed by atoms with Crippen LogP contribution in [0, 0.1) is 13.8 Å². The van der Waals surface area contributed by atoms with Crippen molar-refractivity contribution < 1.29 is 9.53 Å². The summed E-state index contributed by atoms with van der Waals surface area (Å²) in [5.41, 5.74) is 13.9. The van der Waals surface area contributed by atoms with E-state index in [2.05, 4.69) is 38.5 Å². The molecule has 1 fully saturated rings. The average Bonchev–Trinajstić information content (AvgIpc) is 3.01. The zero-order chi connectivity index (χ0) is 29.6. The molecular weight excluding hydrogens is 528 g/mol. The number of carbonyl (C=O) groups is 1. The minimum absolute atomic E-state index is 0.106. The van der Waals surface area contributed by atoms with Crippen molar-refractivity contribution in [1.82, 2.24) is 15.3 Å². The number of pyridine rings is 2. The van der Waals surface area contributed by atoms with Gasteiger partial charge in [0.1, 0.15) is 5.82 Å². The van der Waals surface area contributed by atoms with Crippen LogP contribution in [0.1, 0.15) is 70.9 Å². The van der Waals surface area contributed by atoms with E-state index in [0.717, 1.165) is 97.7 Å².